The van der Waals surface area contributed by atoms with E-state index in [9.17, 15) is 4.39 Å². The largest absolute Gasteiger partial charge is 0.348 e. The first kappa shape index (κ1) is 14.9. The summed E-state index contributed by atoms with van der Waals surface area (Å²) in [6.07, 6.45) is 5.48. The van der Waals surface area contributed by atoms with E-state index in [4.69, 9.17) is 9.47 Å². The molecule has 0 N–H and O–H groups in total. The number of allylic oxidation sites excluding steroid dienone is 1. The fraction of sp³-hybridized carbons (Fsp3) is 0.278. The molecule has 1 aliphatic rings. The normalized spacial score (nSPS) is 22.1. The lowest BCUT2D eigenvalue weighted by Crippen LogP contribution is -2.25. The molecule has 22 heavy (non-hydrogen) atoms. The van der Waals surface area contributed by atoms with Gasteiger partial charge in [-0.15, -0.1) is 0 Å². The molecule has 3 rings (SSSR count). The molecule has 2 heterocycles. The molecule has 0 unspecified atom stereocenters. The summed E-state index contributed by atoms with van der Waals surface area (Å²) in [4.78, 5) is 4.41. The summed E-state index contributed by atoms with van der Waals surface area (Å²) < 4.78 is 24.4. The van der Waals surface area contributed by atoms with Crippen molar-refractivity contribution >= 4 is 0 Å². The molecule has 0 amide bonds. The molecule has 1 aromatic heterocycles. The molecule has 0 bridgehead atoms. The summed E-state index contributed by atoms with van der Waals surface area (Å²) in [6, 6.07) is 10.1. The van der Waals surface area contributed by atoms with Crippen LogP contribution in [0.3, 0.4) is 0 Å². The Labute approximate surface area is 129 Å². The molecule has 114 valence electrons. The topological polar surface area (TPSA) is 31.4 Å². The Kier molecular flexibility index (Phi) is 4.61. The predicted molar refractivity (Wildman–Crippen MR) is 82.6 cm³/mol. The third-order valence-corrected chi connectivity index (χ3v) is 3.59. The van der Waals surface area contributed by atoms with E-state index in [0.717, 1.165) is 16.8 Å². The highest BCUT2D eigenvalue weighted by Gasteiger charge is 2.22. The number of hydrogen-bond donors (Lipinski definition) is 0. The van der Waals surface area contributed by atoms with Crippen molar-refractivity contribution in [1.82, 2.24) is 4.98 Å². The van der Waals surface area contributed by atoms with Crippen LogP contribution in [0.2, 0.25) is 0 Å². The highest BCUT2D eigenvalue weighted by molar-refractivity contribution is 5.58. The molecule has 0 aliphatic carbocycles. The molecular weight excluding hydrogens is 281 g/mol. The Morgan fingerprint density at radius 3 is 2.41 bits per heavy atom. The zero-order valence-electron chi connectivity index (χ0n) is 12.4. The van der Waals surface area contributed by atoms with Crippen LogP contribution >= 0.6 is 0 Å². The quantitative estimate of drug-likeness (QED) is 0.799. The first-order valence-corrected chi connectivity index (χ1v) is 7.34. The molecule has 1 fully saturated rings. The molecule has 1 saturated heterocycles. The lowest BCUT2D eigenvalue weighted by atomic mass is 10.1. The zero-order valence-corrected chi connectivity index (χ0v) is 12.4. The SMILES string of the molecule is CC=CC1COC(c2ccc(-c3ccc(F)cc3)nc2)OC1. The Balaban J connectivity index is 1.68. The number of benzene rings is 1. The van der Waals surface area contributed by atoms with Crippen molar-refractivity contribution < 1.29 is 13.9 Å². The fourth-order valence-electron chi connectivity index (χ4n) is 2.43. The van der Waals surface area contributed by atoms with Crippen molar-refractivity contribution in [3.63, 3.8) is 0 Å². The highest BCUT2D eigenvalue weighted by Crippen LogP contribution is 2.26. The molecule has 4 heteroatoms. The average Bonchev–Trinajstić information content (AvgIpc) is 2.57. The minimum absolute atomic E-state index is 0.250. The van der Waals surface area contributed by atoms with Crippen molar-refractivity contribution in [2.75, 3.05) is 13.2 Å². The maximum Gasteiger partial charge on any atom is 0.185 e. The Bertz CT molecular complexity index is 629. The summed E-state index contributed by atoms with van der Waals surface area (Å²) in [5.74, 6) is 0.0627. The maximum absolute atomic E-state index is 12.9. The summed E-state index contributed by atoms with van der Waals surface area (Å²) in [5, 5.41) is 0. The Morgan fingerprint density at radius 1 is 1.09 bits per heavy atom. The van der Waals surface area contributed by atoms with Gasteiger partial charge in [0.25, 0.3) is 0 Å². The van der Waals surface area contributed by atoms with E-state index in [1.807, 2.05) is 25.1 Å². The summed E-state index contributed by atoms with van der Waals surface area (Å²) in [6.45, 7) is 3.29. The molecular formula is C18H18FNO2. The van der Waals surface area contributed by atoms with Crippen LogP contribution in [0.4, 0.5) is 4.39 Å². The highest BCUT2D eigenvalue weighted by atomic mass is 19.1. The van der Waals surface area contributed by atoms with Crippen LogP contribution in [0.1, 0.15) is 18.8 Å². The second kappa shape index (κ2) is 6.81. The van der Waals surface area contributed by atoms with Crippen LogP contribution in [-0.2, 0) is 9.47 Å². The number of nitrogens with zero attached hydrogens (tertiary/aromatic N) is 1. The smallest absolute Gasteiger partial charge is 0.185 e. The van der Waals surface area contributed by atoms with Gasteiger partial charge in [0.05, 0.1) is 18.9 Å². The molecule has 0 spiro atoms. The van der Waals surface area contributed by atoms with Gasteiger partial charge < -0.3 is 9.47 Å². The fourth-order valence-corrected chi connectivity index (χ4v) is 2.43. The van der Waals surface area contributed by atoms with Crippen LogP contribution in [0.25, 0.3) is 11.3 Å². The molecule has 0 saturated carbocycles. The summed E-state index contributed by atoms with van der Waals surface area (Å²) in [7, 11) is 0. The lowest BCUT2D eigenvalue weighted by molar-refractivity contribution is -0.197. The second-order valence-electron chi connectivity index (χ2n) is 5.27. The van der Waals surface area contributed by atoms with Crippen LogP contribution < -0.4 is 0 Å². The molecule has 0 atom stereocenters. The predicted octanol–water partition coefficient (Wildman–Crippen LogP) is 4.13. The minimum atomic E-state index is -0.365. The number of aromatic nitrogens is 1. The molecule has 1 aliphatic heterocycles. The van der Waals surface area contributed by atoms with Crippen molar-refractivity contribution in [3.8, 4) is 11.3 Å². The third kappa shape index (κ3) is 3.40. The number of halogens is 1. The molecule has 3 nitrogen and oxygen atoms in total. The van der Waals surface area contributed by atoms with Crippen molar-refractivity contribution in [3.05, 3.63) is 66.1 Å². The average molecular weight is 299 g/mol. The van der Waals surface area contributed by atoms with Gasteiger partial charge in [0, 0.05) is 23.2 Å². The lowest BCUT2D eigenvalue weighted by Gasteiger charge is -2.28. The van der Waals surface area contributed by atoms with E-state index in [1.165, 1.54) is 12.1 Å². The minimum Gasteiger partial charge on any atom is -0.348 e. The van der Waals surface area contributed by atoms with E-state index in [2.05, 4.69) is 11.1 Å². The number of ether oxygens (including phenoxy) is 2. The zero-order chi connectivity index (χ0) is 15.4. The van der Waals surface area contributed by atoms with Crippen LogP contribution in [0.5, 0.6) is 0 Å². The van der Waals surface area contributed by atoms with Gasteiger partial charge in [-0.1, -0.05) is 18.2 Å². The van der Waals surface area contributed by atoms with Gasteiger partial charge in [-0.05, 0) is 37.3 Å². The Morgan fingerprint density at radius 2 is 1.82 bits per heavy atom. The number of pyridine rings is 1. The van der Waals surface area contributed by atoms with Gasteiger partial charge in [0.15, 0.2) is 6.29 Å². The first-order chi connectivity index (χ1) is 10.8. The molecule has 0 radical (unpaired) electrons. The number of hydrogen-bond acceptors (Lipinski definition) is 3. The number of rotatable bonds is 3. The van der Waals surface area contributed by atoms with Crippen molar-refractivity contribution in [2.45, 2.75) is 13.2 Å². The van der Waals surface area contributed by atoms with Gasteiger partial charge >= 0.3 is 0 Å². The van der Waals surface area contributed by atoms with Gasteiger partial charge in [0.1, 0.15) is 5.82 Å². The van der Waals surface area contributed by atoms with Crippen molar-refractivity contribution in [1.29, 1.82) is 0 Å². The monoisotopic (exact) mass is 299 g/mol. The molecule has 2 aromatic rings. The Hall–Kier alpha value is -2.04. The van der Waals surface area contributed by atoms with Gasteiger partial charge in [-0.25, -0.2) is 4.39 Å². The standard InChI is InChI=1S/C18H18FNO2/c1-2-3-13-11-21-18(22-12-13)15-6-9-17(20-10-15)14-4-7-16(19)8-5-14/h2-10,13,18H,11-12H2,1H3. The van der Waals surface area contributed by atoms with Crippen LogP contribution in [0, 0.1) is 11.7 Å². The van der Waals surface area contributed by atoms with E-state index in [-0.39, 0.29) is 12.1 Å². The van der Waals surface area contributed by atoms with E-state index < -0.39 is 0 Å². The molecule has 1 aromatic carbocycles. The summed E-state index contributed by atoms with van der Waals surface area (Å²) in [5.41, 5.74) is 2.57. The van der Waals surface area contributed by atoms with Crippen molar-refractivity contribution in [2.24, 2.45) is 5.92 Å². The maximum atomic E-state index is 12.9. The van der Waals surface area contributed by atoms with Gasteiger partial charge in [-0.2, -0.15) is 0 Å². The van der Waals surface area contributed by atoms with E-state index >= 15 is 0 Å². The van der Waals surface area contributed by atoms with Gasteiger partial charge in [-0.3, -0.25) is 4.98 Å². The second-order valence-corrected chi connectivity index (χ2v) is 5.27. The van der Waals surface area contributed by atoms with Crippen LogP contribution in [0.15, 0.2) is 54.7 Å². The van der Waals surface area contributed by atoms with E-state index in [1.54, 1.807) is 18.3 Å². The van der Waals surface area contributed by atoms with Crippen LogP contribution in [-0.4, -0.2) is 18.2 Å². The van der Waals surface area contributed by atoms with Gasteiger partial charge in [0.2, 0.25) is 0 Å². The summed E-state index contributed by atoms with van der Waals surface area (Å²) >= 11 is 0. The third-order valence-electron chi connectivity index (χ3n) is 3.59. The first-order valence-electron chi connectivity index (χ1n) is 7.34. The van der Waals surface area contributed by atoms with E-state index in [0.29, 0.717) is 19.1 Å².